The van der Waals surface area contributed by atoms with Gasteiger partial charge in [0.1, 0.15) is 11.5 Å². The first-order chi connectivity index (χ1) is 23.7. The second-order valence-corrected chi connectivity index (χ2v) is 13.8. The van der Waals surface area contributed by atoms with E-state index in [9.17, 15) is 0 Å². The summed E-state index contributed by atoms with van der Waals surface area (Å²) >= 11 is 1.94. The Morgan fingerprint density at radius 1 is 0.562 bits per heavy atom. The number of thioether (sulfide) groups is 1. The van der Waals surface area contributed by atoms with Crippen molar-refractivity contribution in [3.8, 4) is 11.1 Å². The highest BCUT2D eigenvalue weighted by molar-refractivity contribution is 8.00. The lowest BCUT2D eigenvalue weighted by atomic mass is 9.95. The topological polar surface area (TPSA) is 27.3 Å². The van der Waals surface area contributed by atoms with Crippen LogP contribution in [0.4, 0.5) is 5.69 Å². The monoisotopic (exact) mass is 637 g/mol. The number of fused-ring (bicyclic) bond motifs is 5. The minimum Gasteiger partial charge on any atom is -0.366 e. The van der Waals surface area contributed by atoms with E-state index in [1.807, 2.05) is 11.8 Å². The predicted octanol–water partition coefficient (Wildman–Crippen LogP) is 10.9. The van der Waals surface area contributed by atoms with Gasteiger partial charge in [-0.1, -0.05) is 157 Å². The Morgan fingerprint density at radius 3 is 1.94 bits per heavy atom. The maximum absolute atomic E-state index is 3.92. The molecule has 0 bridgehead atoms. The predicted molar refractivity (Wildman–Crippen MR) is 203 cm³/mol. The molecule has 0 fully saturated rings. The van der Waals surface area contributed by atoms with E-state index >= 15 is 0 Å². The van der Waals surface area contributed by atoms with E-state index in [-0.39, 0.29) is 17.6 Å². The largest absolute Gasteiger partial charge is 0.366 e. The summed E-state index contributed by atoms with van der Waals surface area (Å²) in [5.74, 6) is 0. The molecule has 3 nitrogen and oxygen atoms in total. The molecule has 232 valence electrons. The lowest BCUT2D eigenvalue weighted by Crippen LogP contribution is -2.39. The van der Waals surface area contributed by atoms with Crippen LogP contribution in [0, 0.1) is 0 Å². The van der Waals surface area contributed by atoms with Gasteiger partial charge in [-0.05, 0) is 67.7 Å². The van der Waals surface area contributed by atoms with Crippen LogP contribution in [0.25, 0.3) is 38.4 Å². The summed E-state index contributed by atoms with van der Waals surface area (Å²) in [5, 5.41) is 13.2. The summed E-state index contributed by atoms with van der Waals surface area (Å²) in [6.07, 6.45) is 2.25. The van der Waals surface area contributed by atoms with E-state index in [1.165, 1.54) is 65.5 Å². The van der Waals surface area contributed by atoms with Gasteiger partial charge in [0.2, 0.25) is 0 Å². The Kier molecular flexibility index (Phi) is 7.26. The third-order valence-corrected chi connectivity index (χ3v) is 11.2. The maximum atomic E-state index is 3.92. The molecule has 0 amide bonds. The fraction of sp³-hybridized carbons (Fsp3) is 0.0909. The molecule has 2 aliphatic rings. The van der Waals surface area contributed by atoms with Crippen LogP contribution in [-0.2, 0) is 0 Å². The minimum absolute atomic E-state index is 0.0486. The van der Waals surface area contributed by atoms with E-state index in [0.29, 0.717) is 0 Å². The van der Waals surface area contributed by atoms with Gasteiger partial charge in [0.05, 0.1) is 11.7 Å². The Morgan fingerprint density at radius 2 is 1.19 bits per heavy atom. The summed E-state index contributed by atoms with van der Waals surface area (Å²) in [7, 11) is 2.24. The fourth-order valence-electron chi connectivity index (χ4n) is 7.31. The standard InChI is InChI=1S/C44H35N3S/c1-47-42-40(48-44(47)34-15-9-4-10-16-34)26-24-33-21-22-35-27-36(23-25-37(35)41(33)42)43-45-38(31-13-7-3-8-14-31)28-39(46-43)32-19-17-30(18-20-32)29-11-5-2-6-12-29/h2-28,39,43-46H,1H3. The molecule has 2 N–H and O–H groups in total. The normalized spacial score (nSPS) is 18.8. The molecule has 0 spiro atoms. The molecule has 2 heterocycles. The molecule has 7 aromatic rings. The lowest BCUT2D eigenvalue weighted by molar-refractivity contribution is 0.443. The van der Waals surface area contributed by atoms with Gasteiger partial charge in [-0.25, -0.2) is 0 Å². The summed E-state index contributed by atoms with van der Waals surface area (Å²) in [6, 6.07) is 57.2. The first kappa shape index (κ1) is 28.9. The summed E-state index contributed by atoms with van der Waals surface area (Å²) in [5.41, 5.74) is 9.89. The molecule has 9 rings (SSSR count). The van der Waals surface area contributed by atoms with Crippen LogP contribution in [0.5, 0.6) is 0 Å². The molecule has 48 heavy (non-hydrogen) atoms. The highest BCUT2D eigenvalue weighted by atomic mass is 32.2. The fourth-order valence-corrected chi connectivity index (χ4v) is 8.61. The number of rotatable bonds is 5. The Labute approximate surface area is 285 Å². The molecule has 7 aromatic carbocycles. The van der Waals surface area contributed by atoms with Crippen molar-refractivity contribution in [3.05, 3.63) is 186 Å². The van der Waals surface area contributed by atoms with Crippen molar-refractivity contribution in [2.45, 2.75) is 22.5 Å². The van der Waals surface area contributed by atoms with E-state index in [0.717, 1.165) is 5.70 Å². The minimum atomic E-state index is -0.0636. The molecule has 0 aromatic heterocycles. The van der Waals surface area contributed by atoms with Crippen molar-refractivity contribution in [2.24, 2.45) is 0 Å². The summed E-state index contributed by atoms with van der Waals surface area (Å²) < 4.78 is 0. The number of benzene rings is 7. The van der Waals surface area contributed by atoms with Crippen LogP contribution in [0.1, 0.15) is 39.8 Å². The van der Waals surface area contributed by atoms with Crippen LogP contribution in [0.3, 0.4) is 0 Å². The Balaban J connectivity index is 1.09. The van der Waals surface area contributed by atoms with Crippen molar-refractivity contribution in [1.82, 2.24) is 10.6 Å². The number of hydrogen-bond donors (Lipinski definition) is 2. The molecule has 0 saturated heterocycles. The van der Waals surface area contributed by atoms with Gasteiger partial charge in [-0.15, -0.1) is 0 Å². The van der Waals surface area contributed by atoms with Gasteiger partial charge in [-0.2, -0.15) is 0 Å². The zero-order valence-electron chi connectivity index (χ0n) is 26.7. The van der Waals surface area contributed by atoms with Crippen molar-refractivity contribution in [2.75, 3.05) is 11.9 Å². The van der Waals surface area contributed by atoms with Crippen LogP contribution >= 0.6 is 11.8 Å². The van der Waals surface area contributed by atoms with Gasteiger partial charge in [0.15, 0.2) is 0 Å². The van der Waals surface area contributed by atoms with Gasteiger partial charge in [-0.3, -0.25) is 5.32 Å². The first-order valence-corrected chi connectivity index (χ1v) is 17.5. The third-order valence-electron chi connectivity index (χ3n) is 9.76. The average molecular weight is 638 g/mol. The van der Waals surface area contributed by atoms with Crippen LogP contribution in [0.15, 0.2) is 169 Å². The summed E-state index contributed by atoms with van der Waals surface area (Å²) in [4.78, 5) is 3.80. The number of anilines is 1. The summed E-state index contributed by atoms with van der Waals surface area (Å²) in [6.45, 7) is 0. The van der Waals surface area contributed by atoms with Crippen LogP contribution < -0.4 is 15.5 Å². The second-order valence-electron chi connectivity index (χ2n) is 12.7. The van der Waals surface area contributed by atoms with Gasteiger partial charge < -0.3 is 10.2 Å². The van der Waals surface area contributed by atoms with Crippen molar-refractivity contribution in [1.29, 1.82) is 0 Å². The Bertz CT molecular complexity index is 2280. The zero-order valence-corrected chi connectivity index (χ0v) is 27.5. The van der Waals surface area contributed by atoms with Crippen LogP contribution in [-0.4, -0.2) is 7.05 Å². The van der Waals surface area contributed by atoms with E-state index < -0.39 is 0 Å². The number of hydrogen-bond acceptors (Lipinski definition) is 4. The molecule has 0 radical (unpaired) electrons. The first-order valence-electron chi connectivity index (χ1n) is 16.6. The molecular formula is C44H35N3S. The van der Waals surface area contributed by atoms with E-state index in [2.05, 4.69) is 186 Å². The van der Waals surface area contributed by atoms with E-state index in [4.69, 9.17) is 0 Å². The molecule has 4 heteroatoms. The van der Waals surface area contributed by atoms with Gasteiger partial charge in [0.25, 0.3) is 0 Å². The second kappa shape index (κ2) is 12.1. The molecule has 3 unspecified atom stereocenters. The molecule has 2 aliphatic heterocycles. The maximum Gasteiger partial charge on any atom is 0.105 e. The Hall–Kier alpha value is -5.29. The average Bonchev–Trinajstić information content (AvgIpc) is 3.51. The molecule has 3 atom stereocenters. The SMILES string of the molecule is CN1c2c(ccc3ccc4cc(C5NC(c6ccccc6)=CC(c6ccc(-c7ccccc7)cc6)N5)ccc4c23)SC1c1ccccc1. The van der Waals surface area contributed by atoms with Gasteiger partial charge >= 0.3 is 0 Å². The molecular weight excluding hydrogens is 603 g/mol. The van der Waals surface area contributed by atoms with Crippen molar-refractivity contribution < 1.29 is 0 Å². The van der Waals surface area contributed by atoms with Crippen molar-refractivity contribution >= 4 is 44.7 Å². The molecule has 0 saturated carbocycles. The number of nitrogens with zero attached hydrogens (tertiary/aromatic N) is 1. The zero-order chi connectivity index (χ0) is 32.0. The van der Waals surface area contributed by atoms with E-state index in [1.54, 1.807) is 0 Å². The highest BCUT2D eigenvalue weighted by Crippen LogP contribution is 2.54. The molecule has 0 aliphatic carbocycles. The quantitative estimate of drug-likeness (QED) is 0.184. The third kappa shape index (κ3) is 5.14. The number of nitrogens with one attached hydrogen (secondary N) is 2. The lowest BCUT2D eigenvalue weighted by Gasteiger charge is -2.33. The highest BCUT2D eigenvalue weighted by Gasteiger charge is 2.31. The van der Waals surface area contributed by atoms with Crippen molar-refractivity contribution in [3.63, 3.8) is 0 Å². The van der Waals surface area contributed by atoms with Crippen LogP contribution in [0.2, 0.25) is 0 Å². The van der Waals surface area contributed by atoms with Gasteiger partial charge in [0, 0.05) is 23.0 Å². The smallest absolute Gasteiger partial charge is 0.105 e.